The van der Waals surface area contributed by atoms with Gasteiger partial charge in [0, 0.05) is 18.7 Å². The number of carbonyl (C=O) groups is 1. The minimum atomic E-state index is 0.474. The Kier molecular flexibility index (Phi) is 19.0. The molecule has 0 aromatic carbocycles. The number of carbonyl (C=O) groups excluding carboxylic acids is 1. The molecule has 0 rings (SSSR count). The number of unbranched alkanes of at least 4 members (excludes halogenated alkanes) is 13. The lowest BCUT2D eigenvalue weighted by Gasteiger charge is -2.03. The van der Waals surface area contributed by atoms with E-state index >= 15 is 0 Å². The second-order valence-corrected chi connectivity index (χ2v) is 7.06. The van der Waals surface area contributed by atoms with Crippen LogP contribution in [0.5, 0.6) is 0 Å². The third kappa shape index (κ3) is 18.0. The van der Waals surface area contributed by atoms with Crippen LogP contribution in [0, 0.1) is 0 Å². The Morgan fingerprint density at radius 1 is 0.591 bits per heavy atom. The van der Waals surface area contributed by atoms with Crippen molar-refractivity contribution in [3.63, 3.8) is 0 Å². The van der Waals surface area contributed by atoms with Gasteiger partial charge in [-0.05, 0) is 19.3 Å². The van der Waals surface area contributed by atoms with Gasteiger partial charge in [0.25, 0.3) is 0 Å². The van der Waals surface area contributed by atoms with Crippen molar-refractivity contribution in [2.75, 3.05) is 5.88 Å². The van der Waals surface area contributed by atoms with Crippen LogP contribution in [0.1, 0.15) is 116 Å². The molecule has 0 saturated heterocycles. The van der Waals surface area contributed by atoms with E-state index in [1.54, 1.807) is 0 Å². The lowest BCUT2D eigenvalue weighted by atomic mass is 10.0. The SMILES string of the molecule is CCCCCCCCCCCCCC(=O)CCCCCCCl. The van der Waals surface area contributed by atoms with Crippen LogP contribution < -0.4 is 0 Å². The number of Topliss-reactive ketones (excluding diaryl/α,β-unsaturated/α-hetero) is 1. The fourth-order valence-corrected chi connectivity index (χ4v) is 3.07. The Balaban J connectivity index is 3.10. The van der Waals surface area contributed by atoms with E-state index in [9.17, 15) is 4.79 Å². The van der Waals surface area contributed by atoms with E-state index in [-0.39, 0.29) is 0 Å². The molecule has 132 valence electrons. The quantitative estimate of drug-likeness (QED) is 0.188. The lowest BCUT2D eigenvalue weighted by Crippen LogP contribution is -1.97. The molecule has 0 fully saturated rings. The summed E-state index contributed by atoms with van der Waals surface area (Å²) in [4.78, 5) is 11.7. The molecule has 0 bridgehead atoms. The maximum Gasteiger partial charge on any atom is 0.132 e. The maximum absolute atomic E-state index is 11.7. The molecule has 0 aliphatic heterocycles. The second-order valence-electron chi connectivity index (χ2n) is 6.68. The van der Waals surface area contributed by atoms with Gasteiger partial charge < -0.3 is 0 Å². The number of hydrogen-bond acceptors (Lipinski definition) is 1. The zero-order chi connectivity index (χ0) is 16.3. The minimum Gasteiger partial charge on any atom is -0.300 e. The fraction of sp³-hybridized carbons (Fsp3) is 0.950. The Hall–Kier alpha value is -0.0400. The molecule has 0 spiro atoms. The molecule has 0 N–H and O–H groups in total. The second kappa shape index (κ2) is 19.0. The van der Waals surface area contributed by atoms with E-state index in [0.29, 0.717) is 5.78 Å². The van der Waals surface area contributed by atoms with Gasteiger partial charge in [-0.15, -0.1) is 11.6 Å². The first kappa shape index (κ1) is 22.0. The van der Waals surface area contributed by atoms with E-state index in [4.69, 9.17) is 11.6 Å². The molecule has 0 heterocycles. The molecule has 0 aliphatic rings. The van der Waals surface area contributed by atoms with Crippen LogP contribution in [0.2, 0.25) is 0 Å². The van der Waals surface area contributed by atoms with E-state index in [1.165, 1.54) is 70.6 Å². The summed E-state index contributed by atoms with van der Waals surface area (Å²) in [5.74, 6) is 1.23. The number of ketones is 1. The molecule has 1 nitrogen and oxygen atoms in total. The van der Waals surface area contributed by atoms with E-state index in [2.05, 4.69) is 6.92 Å². The van der Waals surface area contributed by atoms with Crippen LogP contribution in [0.15, 0.2) is 0 Å². The van der Waals surface area contributed by atoms with Gasteiger partial charge in [0.05, 0.1) is 0 Å². The third-order valence-corrected chi connectivity index (χ3v) is 4.67. The molecule has 0 unspecified atom stereocenters. The summed E-state index contributed by atoms with van der Waals surface area (Å²) < 4.78 is 0. The summed E-state index contributed by atoms with van der Waals surface area (Å²) in [7, 11) is 0. The Bertz CT molecular complexity index is 228. The highest BCUT2D eigenvalue weighted by Gasteiger charge is 2.01. The lowest BCUT2D eigenvalue weighted by molar-refractivity contribution is -0.119. The first-order chi connectivity index (χ1) is 10.8. The highest BCUT2D eigenvalue weighted by Crippen LogP contribution is 2.13. The van der Waals surface area contributed by atoms with Crippen LogP contribution in [-0.4, -0.2) is 11.7 Å². The summed E-state index contributed by atoms with van der Waals surface area (Å²) >= 11 is 5.63. The average molecular weight is 331 g/mol. The van der Waals surface area contributed by atoms with Crippen molar-refractivity contribution in [1.82, 2.24) is 0 Å². The zero-order valence-corrected chi connectivity index (χ0v) is 15.8. The van der Waals surface area contributed by atoms with Crippen molar-refractivity contribution >= 4 is 17.4 Å². The van der Waals surface area contributed by atoms with Gasteiger partial charge in [0.2, 0.25) is 0 Å². The molecule has 0 saturated carbocycles. The van der Waals surface area contributed by atoms with Crippen LogP contribution in [0.4, 0.5) is 0 Å². The van der Waals surface area contributed by atoms with E-state index in [0.717, 1.165) is 44.4 Å². The Morgan fingerprint density at radius 3 is 1.36 bits per heavy atom. The molecule has 0 atom stereocenters. The molecule has 0 radical (unpaired) electrons. The maximum atomic E-state index is 11.7. The van der Waals surface area contributed by atoms with Crippen LogP contribution in [-0.2, 0) is 4.79 Å². The standard InChI is InChI=1S/C20H39ClO/c1-2-3-4-5-6-7-8-9-10-11-14-17-20(22)18-15-12-13-16-19-21/h2-19H2,1H3. The first-order valence-electron chi connectivity index (χ1n) is 9.89. The highest BCUT2D eigenvalue weighted by atomic mass is 35.5. The van der Waals surface area contributed by atoms with Crippen LogP contribution in [0.25, 0.3) is 0 Å². The number of halogens is 1. The van der Waals surface area contributed by atoms with Crippen molar-refractivity contribution < 1.29 is 4.79 Å². The Morgan fingerprint density at radius 2 is 0.955 bits per heavy atom. The summed E-state index contributed by atoms with van der Waals surface area (Å²) in [6, 6.07) is 0. The Labute approximate surface area is 144 Å². The van der Waals surface area contributed by atoms with Gasteiger partial charge in [-0.3, -0.25) is 4.79 Å². The van der Waals surface area contributed by atoms with Gasteiger partial charge in [-0.1, -0.05) is 84.0 Å². The third-order valence-electron chi connectivity index (χ3n) is 4.40. The van der Waals surface area contributed by atoms with Gasteiger partial charge in [-0.2, -0.15) is 0 Å². The molecule has 0 aromatic rings. The highest BCUT2D eigenvalue weighted by molar-refractivity contribution is 6.17. The molecular weight excluding hydrogens is 292 g/mol. The molecule has 22 heavy (non-hydrogen) atoms. The summed E-state index contributed by atoms with van der Waals surface area (Å²) in [6.07, 6.45) is 20.9. The molecule has 0 aromatic heterocycles. The molecular formula is C20H39ClO. The average Bonchev–Trinajstić information content (AvgIpc) is 2.52. The molecule has 2 heteroatoms. The number of alkyl halides is 1. The normalized spacial score (nSPS) is 11.0. The molecule has 0 amide bonds. The van der Waals surface area contributed by atoms with Crippen molar-refractivity contribution in [2.45, 2.75) is 116 Å². The zero-order valence-electron chi connectivity index (χ0n) is 15.0. The monoisotopic (exact) mass is 330 g/mol. The van der Waals surface area contributed by atoms with Crippen molar-refractivity contribution in [2.24, 2.45) is 0 Å². The minimum absolute atomic E-state index is 0.474. The van der Waals surface area contributed by atoms with Gasteiger partial charge in [0.1, 0.15) is 5.78 Å². The van der Waals surface area contributed by atoms with E-state index < -0.39 is 0 Å². The van der Waals surface area contributed by atoms with Crippen LogP contribution in [0.3, 0.4) is 0 Å². The van der Waals surface area contributed by atoms with Crippen molar-refractivity contribution in [3.05, 3.63) is 0 Å². The number of hydrogen-bond donors (Lipinski definition) is 0. The van der Waals surface area contributed by atoms with Gasteiger partial charge in [0.15, 0.2) is 0 Å². The van der Waals surface area contributed by atoms with Crippen LogP contribution >= 0.6 is 11.6 Å². The summed E-state index contributed by atoms with van der Waals surface area (Å²) in [6.45, 7) is 2.27. The first-order valence-corrected chi connectivity index (χ1v) is 10.4. The predicted molar refractivity (Wildman–Crippen MR) is 99.9 cm³/mol. The molecule has 0 aliphatic carbocycles. The van der Waals surface area contributed by atoms with E-state index in [1.807, 2.05) is 0 Å². The van der Waals surface area contributed by atoms with Gasteiger partial charge >= 0.3 is 0 Å². The smallest absolute Gasteiger partial charge is 0.132 e. The number of rotatable bonds is 18. The largest absolute Gasteiger partial charge is 0.300 e. The fourth-order valence-electron chi connectivity index (χ4n) is 2.88. The summed E-state index contributed by atoms with van der Waals surface area (Å²) in [5, 5.41) is 0. The summed E-state index contributed by atoms with van der Waals surface area (Å²) in [5.41, 5.74) is 0. The van der Waals surface area contributed by atoms with Crippen molar-refractivity contribution in [3.8, 4) is 0 Å². The van der Waals surface area contributed by atoms with Gasteiger partial charge in [-0.25, -0.2) is 0 Å². The predicted octanol–water partition coefficient (Wildman–Crippen LogP) is 7.45. The topological polar surface area (TPSA) is 17.1 Å². The van der Waals surface area contributed by atoms with Crippen molar-refractivity contribution in [1.29, 1.82) is 0 Å².